The number of aliphatic hydroxyl groups is 1. The number of rotatable bonds is 6. The van der Waals surface area contributed by atoms with Crippen molar-refractivity contribution >= 4 is 11.8 Å². The van der Waals surface area contributed by atoms with Gasteiger partial charge in [0.05, 0.1) is 0 Å². The number of aliphatic hydroxyl groups excluding tert-OH is 1. The molecule has 0 bridgehead atoms. The molecule has 0 radical (unpaired) electrons. The van der Waals surface area contributed by atoms with Gasteiger partial charge >= 0.3 is 0 Å². The minimum absolute atomic E-state index is 0.0300. The van der Waals surface area contributed by atoms with Crippen LogP contribution in [0.25, 0.3) is 0 Å². The van der Waals surface area contributed by atoms with Crippen molar-refractivity contribution in [3.8, 4) is 0 Å². The topological polar surface area (TPSA) is 78.7 Å². The minimum Gasteiger partial charge on any atom is -0.396 e. The Bertz CT molecular complexity index is 644. The Morgan fingerprint density at radius 1 is 1.31 bits per heavy atom. The van der Waals surface area contributed by atoms with E-state index >= 15 is 0 Å². The Morgan fingerprint density at radius 2 is 2.15 bits per heavy atom. The van der Waals surface area contributed by atoms with Gasteiger partial charge in [-0.2, -0.15) is 0 Å². The van der Waals surface area contributed by atoms with Gasteiger partial charge in [0.25, 0.3) is 0 Å². The lowest BCUT2D eigenvalue weighted by molar-refractivity contribution is -0.143. The number of hydrogen-bond acceptors (Lipinski definition) is 4. The maximum Gasteiger partial charge on any atom is 0.224 e. The molecule has 2 aliphatic rings. The maximum absolute atomic E-state index is 12.7. The van der Waals surface area contributed by atoms with Gasteiger partial charge in [0, 0.05) is 70.0 Å². The molecule has 0 saturated carbocycles. The van der Waals surface area contributed by atoms with Crippen LogP contribution in [0.4, 0.5) is 0 Å². The van der Waals surface area contributed by atoms with Crippen molar-refractivity contribution in [3.63, 3.8) is 0 Å². The van der Waals surface area contributed by atoms with Crippen molar-refractivity contribution in [1.29, 1.82) is 0 Å². The summed E-state index contributed by atoms with van der Waals surface area (Å²) in [6.45, 7) is 5.61. The molecular formula is C19H30N4O3. The molecule has 0 aromatic carbocycles. The Balaban J connectivity index is 1.58. The molecule has 1 aromatic heterocycles. The Hall–Kier alpha value is -1.89. The summed E-state index contributed by atoms with van der Waals surface area (Å²) >= 11 is 0. The van der Waals surface area contributed by atoms with E-state index in [4.69, 9.17) is 5.11 Å². The second-order valence-corrected chi connectivity index (χ2v) is 7.73. The van der Waals surface area contributed by atoms with Crippen LogP contribution in [0.5, 0.6) is 0 Å². The quantitative estimate of drug-likeness (QED) is 0.825. The van der Waals surface area contributed by atoms with Crippen LogP contribution in [0.2, 0.25) is 0 Å². The number of aryl methyl sites for hydroxylation is 2. The van der Waals surface area contributed by atoms with Gasteiger partial charge in [-0.15, -0.1) is 0 Å². The molecule has 3 heterocycles. The largest absolute Gasteiger partial charge is 0.396 e. The monoisotopic (exact) mass is 362 g/mol. The standard InChI is InChI=1S/C19H30N4O3/c1-16-20-8-12-21(16)11-5-18(26)22-9-2-6-19(14-22)7-4-17(25)23(15-19)10-3-13-24/h8,12,24H,2-7,9-11,13-15H2,1H3/t19-/m1/s1. The summed E-state index contributed by atoms with van der Waals surface area (Å²) in [6, 6.07) is 0. The maximum atomic E-state index is 12.7. The first-order valence-electron chi connectivity index (χ1n) is 9.67. The molecule has 7 heteroatoms. The zero-order valence-corrected chi connectivity index (χ0v) is 15.7. The average molecular weight is 362 g/mol. The van der Waals surface area contributed by atoms with Gasteiger partial charge in [-0.3, -0.25) is 9.59 Å². The summed E-state index contributed by atoms with van der Waals surface area (Å²) < 4.78 is 2.01. The highest BCUT2D eigenvalue weighted by molar-refractivity contribution is 5.78. The van der Waals surface area contributed by atoms with Gasteiger partial charge in [0.2, 0.25) is 11.8 Å². The fourth-order valence-corrected chi connectivity index (χ4v) is 4.34. The van der Waals surface area contributed by atoms with Crippen molar-refractivity contribution < 1.29 is 14.7 Å². The molecule has 1 atom stereocenters. The molecule has 0 unspecified atom stereocenters. The zero-order chi connectivity index (χ0) is 18.6. The van der Waals surface area contributed by atoms with Crippen LogP contribution in [0.3, 0.4) is 0 Å². The molecule has 7 nitrogen and oxygen atoms in total. The molecule has 3 rings (SSSR count). The van der Waals surface area contributed by atoms with Gasteiger partial charge in [-0.05, 0) is 32.6 Å². The Labute approximate surface area is 155 Å². The van der Waals surface area contributed by atoms with Crippen LogP contribution < -0.4 is 0 Å². The lowest BCUT2D eigenvalue weighted by Gasteiger charge is -2.48. The van der Waals surface area contributed by atoms with Crippen LogP contribution in [-0.2, 0) is 16.1 Å². The van der Waals surface area contributed by atoms with E-state index in [0.29, 0.717) is 32.4 Å². The summed E-state index contributed by atoms with van der Waals surface area (Å²) in [4.78, 5) is 33.0. The first-order chi connectivity index (χ1) is 12.5. The van der Waals surface area contributed by atoms with E-state index in [1.807, 2.05) is 27.5 Å². The summed E-state index contributed by atoms with van der Waals surface area (Å²) in [5.74, 6) is 1.30. The predicted molar refractivity (Wildman–Crippen MR) is 97.3 cm³/mol. The molecule has 26 heavy (non-hydrogen) atoms. The number of imidazole rings is 1. The van der Waals surface area contributed by atoms with E-state index in [1.165, 1.54) is 0 Å². The predicted octanol–water partition coefficient (Wildman–Crippen LogP) is 1.20. The molecular weight excluding hydrogens is 332 g/mol. The number of carbonyl (C=O) groups excluding carboxylic acids is 2. The van der Waals surface area contributed by atoms with Crippen LogP contribution >= 0.6 is 0 Å². The summed E-state index contributed by atoms with van der Waals surface area (Å²) in [7, 11) is 0. The molecule has 2 aliphatic heterocycles. The fraction of sp³-hybridized carbons (Fsp3) is 0.737. The number of carbonyl (C=O) groups is 2. The molecule has 1 aromatic rings. The van der Waals surface area contributed by atoms with Crippen LogP contribution in [0.15, 0.2) is 12.4 Å². The summed E-state index contributed by atoms with van der Waals surface area (Å²) in [5.41, 5.74) is 0.0300. The minimum atomic E-state index is 0.0300. The Kier molecular flexibility index (Phi) is 5.96. The van der Waals surface area contributed by atoms with Crippen molar-refractivity contribution in [1.82, 2.24) is 19.4 Å². The summed E-state index contributed by atoms with van der Waals surface area (Å²) in [5, 5.41) is 9.06. The van der Waals surface area contributed by atoms with Gasteiger partial charge in [-0.1, -0.05) is 0 Å². The van der Waals surface area contributed by atoms with Crippen molar-refractivity contribution in [2.24, 2.45) is 5.41 Å². The van der Waals surface area contributed by atoms with Crippen LogP contribution in [-0.4, -0.2) is 69.1 Å². The molecule has 1 N–H and O–H groups in total. The number of amides is 2. The molecule has 0 aliphatic carbocycles. The number of piperidine rings is 2. The normalized spacial score (nSPS) is 23.7. The Morgan fingerprint density at radius 3 is 2.88 bits per heavy atom. The molecule has 2 saturated heterocycles. The lowest BCUT2D eigenvalue weighted by atomic mass is 9.73. The van der Waals surface area contributed by atoms with Gasteiger partial charge < -0.3 is 19.5 Å². The van der Waals surface area contributed by atoms with E-state index in [2.05, 4.69) is 4.98 Å². The third kappa shape index (κ3) is 4.26. The molecule has 144 valence electrons. The molecule has 2 amide bonds. The van der Waals surface area contributed by atoms with Gasteiger partial charge in [-0.25, -0.2) is 4.98 Å². The van der Waals surface area contributed by atoms with E-state index in [0.717, 1.165) is 44.7 Å². The second kappa shape index (κ2) is 8.20. The number of nitrogens with zero attached hydrogens (tertiary/aromatic N) is 4. The van der Waals surface area contributed by atoms with E-state index in [9.17, 15) is 9.59 Å². The van der Waals surface area contributed by atoms with Crippen LogP contribution in [0.1, 0.15) is 44.3 Å². The van der Waals surface area contributed by atoms with E-state index < -0.39 is 0 Å². The highest BCUT2D eigenvalue weighted by Crippen LogP contribution is 2.39. The molecule has 1 spiro atoms. The highest BCUT2D eigenvalue weighted by Gasteiger charge is 2.42. The van der Waals surface area contributed by atoms with Crippen molar-refractivity contribution in [2.75, 3.05) is 32.8 Å². The fourth-order valence-electron chi connectivity index (χ4n) is 4.34. The first kappa shape index (κ1) is 18.9. The smallest absolute Gasteiger partial charge is 0.224 e. The van der Waals surface area contributed by atoms with Gasteiger partial charge in [0.1, 0.15) is 5.82 Å². The SMILES string of the molecule is Cc1nccn1CCC(=O)N1CCC[C@@]2(CCC(=O)N(CCCO)C2)C1. The van der Waals surface area contributed by atoms with E-state index in [1.54, 1.807) is 6.20 Å². The van der Waals surface area contributed by atoms with Crippen molar-refractivity contribution in [3.05, 3.63) is 18.2 Å². The third-order valence-corrected chi connectivity index (χ3v) is 5.84. The van der Waals surface area contributed by atoms with E-state index in [-0.39, 0.29) is 23.8 Å². The number of aromatic nitrogens is 2. The summed E-state index contributed by atoms with van der Waals surface area (Å²) in [6.07, 6.45) is 8.27. The van der Waals surface area contributed by atoms with Crippen molar-refractivity contribution in [2.45, 2.75) is 52.0 Å². The zero-order valence-electron chi connectivity index (χ0n) is 15.7. The number of likely N-dealkylation sites (tertiary alicyclic amines) is 2. The molecule has 2 fully saturated rings. The first-order valence-corrected chi connectivity index (χ1v) is 9.67. The highest BCUT2D eigenvalue weighted by atomic mass is 16.3. The van der Waals surface area contributed by atoms with Gasteiger partial charge in [0.15, 0.2) is 0 Å². The average Bonchev–Trinajstić information content (AvgIpc) is 3.06. The lowest BCUT2D eigenvalue weighted by Crippen LogP contribution is -2.55. The van der Waals surface area contributed by atoms with Crippen LogP contribution in [0, 0.1) is 12.3 Å². The number of hydrogen-bond donors (Lipinski definition) is 1. The second-order valence-electron chi connectivity index (χ2n) is 7.73. The third-order valence-electron chi connectivity index (χ3n) is 5.84.